The third kappa shape index (κ3) is 3.15. The topological polar surface area (TPSA) is 39.5 Å². The first-order chi connectivity index (χ1) is 10.7. The molecule has 5 nitrogen and oxygen atoms in total. The second-order valence-electron chi connectivity index (χ2n) is 5.87. The van der Waals surface area contributed by atoms with Gasteiger partial charge in [-0.15, -0.1) is 0 Å². The molecule has 0 spiro atoms. The van der Waals surface area contributed by atoms with E-state index < -0.39 is 0 Å². The number of hydrogen-bond donors (Lipinski definition) is 0. The van der Waals surface area contributed by atoms with Crippen molar-refractivity contribution in [2.45, 2.75) is 19.0 Å². The normalized spacial score (nSPS) is 18.2. The summed E-state index contributed by atoms with van der Waals surface area (Å²) in [5.41, 5.74) is 3.79. The summed E-state index contributed by atoms with van der Waals surface area (Å²) in [5, 5.41) is 4.60. The van der Waals surface area contributed by atoms with Gasteiger partial charge in [-0.3, -0.25) is 9.58 Å². The number of aromatic nitrogens is 2. The minimum Gasteiger partial charge on any atom is -0.497 e. The van der Waals surface area contributed by atoms with E-state index in [2.05, 4.69) is 28.3 Å². The highest BCUT2D eigenvalue weighted by Gasteiger charge is 2.27. The summed E-state index contributed by atoms with van der Waals surface area (Å²) < 4.78 is 12.5. The number of fused-ring (bicyclic) bond motifs is 1. The first kappa shape index (κ1) is 15.1. The highest BCUT2D eigenvalue weighted by molar-refractivity contribution is 5.29. The molecule has 2 aromatic rings. The lowest BCUT2D eigenvalue weighted by Gasteiger charge is -2.31. The van der Waals surface area contributed by atoms with Crippen LogP contribution in [-0.4, -0.2) is 42.1 Å². The maximum Gasteiger partial charge on any atom is 0.118 e. The van der Waals surface area contributed by atoms with Crippen LogP contribution in [0.25, 0.3) is 0 Å². The van der Waals surface area contributed by atoms with Crippen LogP contribution in [0, 0.1) is 0 Å². The molecular formula is C17H23N3O2. The van der Waals surface area contributed by atoms with E-state index in [1.807, 2.05) is 23.9 Å². The SMILES string of the molecule is COC[C@H]1CN(Cc2ccc(OC)cc2)Cc2nn(C)cc21. The summed E-state index contributed by atoms with van der Waals surface area (Å²) >= 11 is 0. The maximum atomic E-state index is 5.40. The van der Waals surface area contributed by atoms with Crippen molar-refractivity contribution in [1.29, 1.82) is 0 Å². The molecule has 0 saturated heterocycles. The number of hydrogen-bond acceptors (Lipinski definition) is 4. The molecule has 0 saturated carbocycles. The van der Waals surface area contributed by atoms with Crippen molar-refractivity contribution in [3.8, 4) is 5.75 Å². The summed E-state index contributed by atoms with van der Waals surface area (Å²) in [7, 11) is 5.44. The molecule has 5 heteroatoms. The first-order valence-electron chi connectivity index (χ1n) is 7.56. The molecule has 0 unspecified atom stereocenters. The van der Waals surface area contributed by atoms with Crippen LogP contribution < -0.4 is 4.74 Å². The van der Waals surface area contributed by atoms with Gasteiger partial charge < -0.3 is 9.47 Å². The minimum absolute atomic E-state index is 0.390. The van der Waals surface area contributed by atoms with Crippen molar-refractivity contribution in [3.05, 3.63) is 47.3 Å². The fourth-order valence-corrected chi connectivity index (χ4v) is 3.16. The van der Waals surface area contributed by atoms with Crippen molar-refractivity contribution < 1.29 is 9.47 Å². The van der Waals surface area contributed by atoms with E-state index in [9.17, 15) is 0 Å². The lowest BCUT2D eigenvalue weighted by atomic mass is 9.95. The van der Waals surface area contributed by atoms with Crippen LogP contribution in [0.3, 0.4) is 0 Å². The Kier molecular flexibility index (Phi) is 4.45. The molecular weight excluding hydrogens is 278 g/mol. The Bertz CT molecular complexity index is 621. The average Bonchev–Trinajstić information content (AvgIpc) is 2.89. The minimum atomic E-state index is 0.390. The monoisotopic (exact) mass is 301 g/mol. The molecule has 0 amide bonds. The Morgan fingerprint density at radius 2 is 2.00 bits per heavy atom. The molecule has 22 heavy (non-hydrogen) atoms. The van der Waals surface area contributed by atoms with Crippen molar-refractivity contribution in [1.82, 2.24) is 14.7 Å². The van der Waals surface area contributed by atoms with Gasteiger partial charge >= 0.3 is 0 Å². The predicted octanol–water partition coefficient (Wildman–Crippen LogP) is 2.17. The Labute approximate surface area is 131 Å². The molecule has 1 aromatic carbocycles. The zero-order valence-electron chi connectivity index (χ0n) is 13.5. The van der Waals surface area contributed by atoms with Crippen LogP contribution in [0.1, 0.15) is 22.7 Å². The largest absolute Gasteiger partial charge is 0.497 e. The highest BCUT2D eigenvalue weighted by Crippen LogP contribution is 2.28. The zero-order valence-corrected chi connectivity index (χ0v) is 13.5. The second-order valence-corrected chi connectivity index (χ2v) is 5.87. The molecule has 0 N–H and O–H groups in total. The summed E-state index contributed by atoms with van der Waals surface area (Å²) in [6, 6.07) is 8.27. The Morgan fingerprint density at radius 1 is 1.23 bits per heavy atom. The summed E-state index contributed by atoms with van der Waals surface area (Å²) in [6.45, 7) is 3.54. The molecule has 1 aromatic heterocycles. The van der Waals surface area contributed by atoms with Gasteiger partial charge in [-0.25, -0.2) is 0 Å². The van der Waals surface area contributed by atoms with Gasteiger partial charge in [0.05, 0.1) is 19.4 Å². The predicted molar refractivity (Wildman–Crippen MR) is 84.9 cm³/mol. The third-order valence-electron chi connectivity index (χ3n) is 4.16. The molecule has 1 atom stereocenters. The quantitative estimate of drug-likeness (QED) is 0.848. The second kappa shape index (κ2) is 6.50. The van der Waals surface area contributed by atoms with E-state index in [4.69, 9.17) is 9.47 Å². The van der Waals surface area contributed by atoms with Crippen LogP contribution in [0.5, 0.6) is 5.75 Å². The van der Waals surface area contributed by atoms with E-state index in [0.717, 1.165) is 32.0 Å². The lowest BCUT2D eigenvalue weighted by Crippen LogP contribution is -2.34. The van der Waals surface area contributed by atoms with Gasteiger partial charge in [-0.1, -0.05) is 12.1 Å². The van der Waals surface area contributed by atoms with Gasteiger partial charge in [0.15, 0.2) is 0 Å². The van der Waals surface area contributed by atoms with Gasteiger partial charge in [0.25, 0.3) is 0 Å². The van der Waals surface area contributed by atoms with E-state index in [-0.39, 0.29) is 0 Å². The van der Waals surface area contributed by atoms with Crippen LogP contribution in [0.15, 0.2) is 30.5 Å². The summed E-state index contributed by atoms with van der Waals surface area (Å²) in [4.78, 5) is 2.43. The average molecular weight is 301 g/mol. The molecule has 2 heterocycles. The number of methoxy groups -OCH3 is 2. The first-order valence-corrected chi connectivity index (χ1v) is 7.56. The number of ether oxygens (including phenoxy) is 2. The summed E-state index contributed by atoms with van der Waals surface area (Å²) in [6.07, 6.45) is 2.13. The molecule has 118 valence electrons. The number of rotatable bonds is 5. The third-order valence-corrected chi connectivity index (χ3v) is 4.16. The van der Waals surface area contributed by atoms with E-state index in [1.165, 1.54) is 16.8 Å². The Morgan fingerprint density at radius 3 is 2.68 bits per heavy atom. The van der Waals surface area contributed by atoms with Crippen molar-refractivity contribution in [2.24, 2.45) is 7.05 Å². The number of nitrogens with zero attached hydrogens (tertiary/aromatic N) is 3. The van der Waals surface area contributed by atoms with Gasteiger partial charge in [0.1, 0.15) is 5.75 Å². The highest BCUT2D eigenvalue weighted by atomic mass is 16.5. The van der Waals surface area contributed by atoms with Crippen molar-refractivity contribution in [2.75, 3.05) is 27.4 Å². The lowest BCUT2D eigenvalue weighted by molar-refractivity contribution is 0.135. The molecule has 0 aliphatic carbocycles. The van der Waals surface area contributed by atoms with Gasteiger partial charge in [0.2, 0.25) is 0 Å². The van der Waals surface area contributed by atoms with Crippen molar-refractivity contribution >= 4 is 0 Å². The fraction of sp³-hybridized carbons (Fsp3) is 0.471. The van der Waals surface area contributed by atoms with Crippen LogP contribution in [-0.2, 0) is 24.9 Å². The molecule has 3 rings (SSSR count). The Hall–Kier alpha value is -1.85. The van der Waals surface area contributed by atoms with E-state index in [1.54, 1.807) is 14.2 Å². The number of aryl methyl sites for hydroxylation is 1. The smallest absolute Gasteiger partial charge is 0.118 e. The molecule has 0 radical (unpaired) electrons. The maximum absolute atomic E-state index is 5.40. The standard InChI is InChI=1S/C17H23N3O2/c1-19-10-16-14(12-21-2)9-20(11-17(16)18-19)8-13-4-6-15(22-3)7-5-13/h4-7,10,14H,8-9,11-12H2,1-3H3/t14-/m1/s1. The van der Waals surface area contributed by atoms with Gasteiger partial charge in [0, 0.05) is 51.5 Å². The fourth-order valence-electron chi connectivity index (χ4n) is 3.16. The Balaban J connectivity index is 1.74. The van der Waals surface area contributed by atoms with Gasteiger partial charge in [-0.05, 0) is 17.7 Å². The van der Waals surface area contributed by atoms with Crippen LogP contribution in [0.4, 0.5) is 0 Å². The summed E-state index contributed by atoms with van der Waals surface area (Å²) in [5.74, 6) is 1.28. The number of benzene rings is 1. The van der Waals surface area contributed by atoms with E-state index >= 15 is 0 Å². The van der Waals surface area contributed by atoms with Crippen LogP contribution >= 0.6 is 0 Å². The zero-order chi connectivity index (χ0) is 15.5. The van der Waals surface area contributed by atoms with Crippen molar-refractivity contribution in [3.63, 3.8) is 0 Å². The van der Waals surface area contributed by atoms with Gasteiger partial charge in [-0.2, -0.15) is 5.10 Å². The molecule has 1 aliphatic heterocycles. The molecule has 0 bridgehead atoms. The van der Waals surface area contributed by atoms with E-state index in [0.29, 0.717) is 5.92 Å². The molecule has 1 aliphatic rings. The van der Waals surface area contributed by atoms with Crippen LogP contribution in [0.2, 0.25) is 0 Å². The molecule has 0 fully saturated rings.